The van der Waals surface area contributed by atoms with Gasteiger partial charge in [-0.2, -0.15) is 5.26 Å². The van der Waals surface area contributed by atoms with Crippen LogP contribution >= 0.6 is 35.1 Å². The number of hydrogen-bond donors (Lipinski definition) is 1. The van der Waals surface area contributed by atoms with Gasteiger partial charge in [0, 0.05) is 17.7 Å². The van der Waals surface area contributed by atoms with E-state index in [-0.39, 0.29) is 29.1 Å². The van der Waals surface area contributed by atoms with Crippen molar-refractivity contribution in [2.45, 2.75) is 17.5 Å². The highest BCUT2D eigenvalue weighted by Gasteiger charge is 2.54. The SMILES string of the molecule is N#C/C=C\SCC(=O)NC1C(=O)N2C(C(=O)OC(c3ccccc3)c3ccccc3)=C(CCl)CS[C@H]12. The Morgan fingerprint density at radius 3 is 2.42 bits per heavy atom. The van der Waals surface area contributed by atoms with Crippen LogP contribution in [0.25, 0.3) is 0 Å². The molecule has 2 aromatic carbocycles. The molecule has 10 heteroatoms. The summed E-state index contributed by atoms with van der Waals surface area (Å²) in [5.74, 6) is -0.755. The van der Waals surface area contributed by atoms with Gasteiger partial charge in [0.1, 0.15) is 17.1 Å². The first-order chi connectivity index (χ1) is 17.5. The smallest absolute Gasteiger partial charge is 0.356 e. The zero-order chi connectivity index (χ0) is 25.5. The number of alkyl halides is 1. The molecule has 1 saturated heterocycles. The fourth-order valence-corrected chi connectivity index (χ4v) is 6.11. The van der Waals surface area contributed by atoms with E-state index < -0.39 is 23.5 Å². The number of thioether (sulfide) groups is 2. The highest BCUT2D eigenvalue weighted by molar-refractivity contribution is 8.02. The molecule has 7 nitrogen and oxygen atoms in total. The number of nitrogens with one attached hydrogen (secondary N) is 1. The number of benzene rings is 2. The molecule has 0 aliphatic carbocycles. The molecule has 2 aliphatic heterocycles. The van der Waals surface area contributed by atoms with Crippen LogP contribution in [0.2, 0.25) is 0 Å². The fourth-order valence-electron chi connectivity index (χ4n) is 3.94. The lowest BCUT2D eigenvalue weighted by Crippen LogP contribution is -2.70. The van der Waals surface area contributed by atoms with Crippen molar-refractivity contribution in [1.82, 2.24) is 10.2 Å². The summed E-state index contributed by atoms with van der Waals surface area (Å²) in [7, 11) is 0. The highest BCUT2D eigenvalue weighted by atomic mass is 35.5. The average Bonchev–Trinajstić information content (AvgIpc) is 2.92. The minimum absolute atomic E-state index is 0.0762. The third-order valence-corrected chi connectivity index (χ3v) is 8.02. The van der Waals surface area contributed by atoms with E-state index in [0.717, 1.165) is 22.9 Å². The normalized spacial score (nSPS) is 19.0. The van der Waals surface area contributed by atoms with Crippen molar-refractivity contribution in [3.05, 3.63) is 94.5 Å². The number of carbonyl (C=O) groups is 3. The molecule has 2 heterocycles. The van der Waals surface area contributed by atoms with Gasteiger partial charge >= 0.3 is 5.97 Å². The molecule has 184 valence electrons. The van der Waals surface area contributed by atoms with E-state index in [1.807, 2.05) is 66.7 Å². The van der Waals surface area contributed by atoms with Gasteiger partial charge in [-0.05, 0) is 22.1 Å². The van der Waals surface area contributed by atoms with Crippen LogP contribution in [-0.2, 0) is 19.1 Å². The lowest BCUT2D eigenvalue weighted by molar-refractivity contribution is -0.154. The average molecular weight is 540 g/mol. The van der Waals surface area contributed by atoms with Crippen LogP contribution in [0.4, 0.5) is 0 Å². The largest absolute Gasteiger partial charge is 0.448 e. The highest BCUT2D eigenvalue weighted by Crippen LogP contribution is 2.41. The van der Waals surface area contributed by atoms with E-state index in [9.17, 15) is 14.4 Å². The van der Waals surface area contributed by atoms with E-state index in [1.165, 1.54) is 28.1 Å². The molecule has 36 heavy (non-hydrogen) atoms. The predicted molar refractivity (Wildman–Crippen MR) is 141 cm³/mol. The third-order valence-electron chi connectivity index (χ3n) is 5.60. The fraction of sp³-hybridized carbons (Fsp3) is 0.231. The van der Waals surface area contributed by atoms with Crippen molar-refractivity contribution in [2.24, 2.45) is 0 Å². The number of nitriles is 1. The summed E-state index contributed by atoms with van der Waals surface area (Å²) < 4.78 is 6.00. The van der Waals surface area contributed by atoms with Crippen molar-refractivity contribution < 1.29 is 19.1 Å². The number of halogens is 1. The summed E-state index contributed by atoms with van der Waals surface area (Å²) in [5.41, 5.74) is 2.36. The quantitative estimate of drug-likeness (QED) is 0.223. The maximum Gasteiger partial charge on any atom is 0.356 e. The van der Waals surface area contributed by atoms with Crippen LogP contribution < -0.4 is 5.32 Å². The molecule has 0 saturated carbocycles. The Balaban J connectivity index is 1.52. The molecule has 0 aromatic heterocycles. The number of rotatable bonds is 9. The van der Waals surface area contributed by atoms with Gasteiger partial charge < -0.3 is 10.1 Å². The Morgan fingerprint density at radius 2 is 1.83 bits per heavy atom. The first kappa shape index (κ1) is 25.9. The van der Waals surface area contributed by atoms with Crippen LogP contribution in [0.1, 0.15) is 17.2 Å². The van der Waals surface area contributed by atoms with E-state index in [0.29, 0.717) is 11.3 Å². The van der Waals surface area contributed by atoms with Crippen molar-refractivity contribution in [1.29, 1.82) is 5.26 Å². The Bertz CT molecular complexity index is 1190. The number of carbonyl (C=O) groups excluding carboxylic acids is 3. The van der Waals surface area contributed by atoms with Gasteiger partial charge in [-0.25, -0.2) is 4.79 Å². The summed E-state index contributed by atoms with van der Waals surface area (Å²) in [5, 5.41) is 12.3. The molecule has 2 amide bonds. The van der Waals surface area contributed by atoms with E-state index >= 15 is 0 Å². The van der Waals surface area contributed by atoms with Gasteiger partial charge in [-0.1, -0.05) is 60.7 Å². The molecule has 1 unspecified atom stereocenters. The van der Waals surface area contributed by atoms with Crippen LogP contribution in [0, 0.1) is 11.3 Å². The molecule has 2 atom stereocenters. The molecule has 0 radical (unpaired) electrons. The van der Waals surface area contributed by atoms with Gasteiger partial charge in [0.05, 0.1) is 11.8 Å². The third kappa shape index (κ3) is 5.62. The number of fused-ring (bicyclic) bond motifs is 1. The Labute approximate surface area is 222 Å². The first-order valence-corrected chi connectivity index (χ1v) is 13.7. The summed E-state index contributed by atoms with van der Waals surface area (Å²) in [6.45, 7) is 0. The summed E-state index contributed by atoms with van der Waals surface area (Å²) in [4.78, 5) is 40.2. The maximum atomic E-state index is 13.5. The van der Waals surface area contributed by atoms with Crippen LogP contribution in [0.5, 0.6) is 0 Å². The van der Waals surface area contributed by atoms with Crippen LogP contribution in [-0.4, -0.2) is 51.5 Å². The first-order valence-electron chi connectivity index (χ1n) is 11.0. The topological polar surface area (TPSA) is 99.5 Å². The second-order valence-electron chi connectivity index (χ2n) is 7.89. The minimum Gasteiger partial charge on any atom is -0.448 e. The predicted octanol–water partition coefficient (Wildman–Crippen LogP) is 3.98. The molecule has 2 aromatic rings. The number of hydrogen-bond acceptors (Lipinski definition) is 7. The van der Waals surface area contributed by atoms with Gasteiger partial charge in [-0.3, -0.25) is 14.5 Å². The monoisotopic (exact) mass is 539 g/mol. The van der Waals surface area contributed by atoms with E-state index in [4.69, 9.17) is 21.6 Å². The number of β-lactam (4-membered cyclic amide) rings is 1. The van der Waals surface area contributed by atoms with Gasteiger partial charge in [-0.15, -0.1) is 35.1 Å². The number of esters is 1. The summed E-state index contributed by atoms with van der Waals surface area (Å²) >= 11 is 8.76. The van der Waals surface area contributed by atoms with E-state index in [1.54, 1.807) is 0 Å². The molecule has 2 aliphatic rings. The Morgan fingerprint density at radius 1 is 1.19 bits per heavy atom. The molecule has 1 N–H and O–H groups in total. The lowest BCUT2D eigenvalue weighted by Gasteiger charge is -2.49. The van der Waals surface area contributed by atoms with Crippen molar-refractivity contribution in [3.8, 4) is 6.07 Å². The van der Waals surface area contributed by atoms with Crippen molar-refractivity contribution in [3.63, 3.8) is 0 Å². The van der Waals surface area contributed by atoms with Crippen molar-refractivity contribution in [2.75, 3.05) is 17.4 Å². The molecular formula is C26H22ClN3O4S2. The van der Waals surface area contributed by atoms with Crippen LogP contribution in [0.15, 0.2) is 83.4 Å². The zero-order valence-electron chi connectivity index (χ0n) is 19.0. The molecule has 0 spiro atoms. The van der Waals surface area contributed by atoms with Crippen molar-refractivity contribution >= 4 is 52.9 Å². The Hall–Kier alpha value is -3.19. The number of nitrogens with zero attached hydrogens (tertiary/aromatic N) is 2. The number of amides is 2. The molecular weight excluding hydrogens is 518 g/mol. The molecule has 0 bridgehead atoms. The number of allylic oxidation sites excluding steroid dienone is 1. The molecule has 4 rings (SSSR count). The number of ether oxygens (including phenoxy) is 1. The second-order valence-corrected chi connectivity index (χ2v) is 10.2. The lowest BCUT2D eigenvalue weighted by atomic mass is 10.0. The van der Waals surface area contributed by atoms with Gasteiger partial charge in [0.2, 0.25) is 5.91 Å². The zero-order valence-corrected chi connectivity index (χ0v) is 21.4. The minimum atomic E-state index is -0.748. The maximum absolute atomic E-state index is 13.5. The second kappa shape index (κ2) is 12.2. The van der Waals surface area contributed by atoms with Gasteiger partial charge in [0.15, 0.2) is 6.10 Å². The summed E-state index contributed by atoms with van der Waals surface area (Å²) in [6, 6.07) is 19.9. The Kier molecular flexibility index (Phi) is 8.75. The van der Waals surface area contributed by atoms with Gasteiger partial charge in [0.25, 0.3) is 5.91 Å². The van der Waals surface area contributed by atoms with Crippen LogP contribution in [0.3, 0.4) is 0 Å². The van der Waals surface area contributed by atoms with E-state index in [2.05, 4.69) is 5.32 Å². The molecule has 1 fully saturated rings. The summed E-state index contributed by atoms with van der Waals surface area (Å²) in [6.07, 6.45) is 0.613. The standard InChI is InChI=1S/C26H22ClN3O4S2/c27-14-19-15-36-25-21(29-20(31)16-35-13-7-12-28)24(32)30(25)22(19)26(33)34-23(17-8-3-1-4-9-17)18-10-5-2-6-11-18/h1-11,13,21,23,25H,14-16H2,(H,29,31)/b13-7-/t21?,25-/m1/s1.